The number of rotatable bonds is 6. The van der Waals surface area contributed by atoms with Crippen LogP contribution in [0.5, 0.6) is 0 Å². The molecule has 0 radical (unpaired) electrons. The van der Waals surface area contributed by atoms with E-state index in [1.54, 1.807) is 7.05 Å². The molecule has 7 heteroatoms. The van der Waals surface area contributed by atoms with Gasteiger partial charge in [-0.2, -0.15) is 11.8 Å². The Hall–Kier alpha value is -0.570. The zero-order valence-electron chi connectivity index (χ0n) is 14.1. The Balaban J connectivity index is 0.00000288. The number of aliphatic imine (C=N–C) groups is 1. The molecule has 1 saturated carbocycles. The van der Waals surface area contributed by atoms with Crippen LogP contribution in [0.25, 0.3) is 0 Å². The predicted molar refractivity (Wildman–Crippen MR) is 110 cm³/mol. The Morgan fingerprint density at radius 1 is 1.33 bits per heavy atom. The third-order valence-corrected chi connectivity index (χ3v) is 5.29. The van der Waals surface area contributed by atoms with Crippen molar-refractivity contribution in [2.45, 2.75) is 43.9 Å². The van der Waals surface area contributed by atoms with E-state index in [0.29, 0.717) is 24.6 Å². The number of hydrogen-bond acceptors (Lipinski definition) is 2. The third kappa shape index (κ3) is 6.74. The lowest BCUT2D eigenvalue weighted by molar-refractivity contribution is 0.569. The minimum atomic E-state index is -0.544. The normalized spacial score (nSPS) is 20.6. The second-order valence-electron chi connectivity index (χ2n) is 5.72. The van der Waals surface area contributed by atoms with Gasteiger partial charge in [0, 0.05) is 31.0 Å². The lowest BCUT2D eigenvalue weighted by atomic mass is 10.1. The summed E-state index contributed by atoms with van der Waals surface area (Å²) in [5.74, 6) is 0.871. The number of benzene rings is 1. The fourth-order valence-corrected chi connectivity index (χ4v) is 4.03. The number of nitrogens with zero attached hydrogens (tertiary/aromatic N) is 1. The van der Waals surface area contributed by atoms with E-state index < -0.39 is 11.6 Å². The Morgan fingerprint density at radius 3 is 2.79 bits per heavy atom. The van der Waals surface area contributed by atoms with Gasteiger partial charge in [0.15, 0.2) is 5.96 Å². The molecule has 2 N–H and O–H groups in total. The number of guanidine groups is 1. The molecule has 3 nitrogen and oxygen atoms in total. The molecule has 0 amide bonds. The van der Waals surface area contributed by atoms with Crippen molar-refractivity contribution in [1.82, 2.24) is 10.6 Å². The fraction of sp³-hybridized carbons (Fsp3) is 0.588. The molecule has 1 aromatic carbocycles. The van der Waals surface area contributed by atoms with Gasteiger partial charge in [0.25, 0.3) is 0 Å². The average Bonchev–Trinajstić information content (AvgIpc) is 2.96. The van der Waals surface area contributed by atoms with Crippen molar-refractivity contribution in [3.05, 3.63) is 35.4 Å². The lowest BCUT2D eigenvalue weighted by Gasteiger charge is -2.17. The van der Waals surface area contributed by atoms with Gasteiger partial charge in [0.1, 0.15) is 11.6 Å². The van der Waals surface area contributed by atoms with E-state index in [0.717, 1.165) is 35.9 Å². The second-order valence-corrected chi connectivity index (χ2v) is 7.29. The molecule has 1 fully saturated rings. The average molecular weight is 469 g/mol. The van der Waals surface area contributed by atoms with Crippen molar-refractivity contribution in [2.24, 2.45) is 4.99 Å². The molecule has 136 valence electrons. The lowest BCUT2D eigenvalue weighted by Crippen LogP contribution is -2.43. The van der Waals surface area contributed by atoms with Crippen LogP contribution in [0.1, 0.15) is 31.7 Å². The summed E-state index contributed by atoms with van der Waals surface area (Å²) >= 11 is 2.02. The van der Waals surface area contributed by atoms with Crippen LogP contribution < -0.4 is 10.6 Å². The predicted octanol–water partition coefficient (Wildman–Crippen LogP) is 3.96. The Morgan fingerprint density at radius 2 is 2.12 bits per heavy atom. The van der Waals surface area contributed by atoms with E-state index in [4.69, 9.17) is 0 Å². The van der Waals surface area contributed by atoms with Gasteiger partial charge in [-0.25, -0.2) is 8.78 Å². The summed E-state index contributed by atoms with van der Waals surface area (Å²) in [6.07, 6.45) is 4.05. The van der Waals surface area contributed by atoms with Crippen LogP contribution in [0.3, 0.4) is 0 Å². The molecule has 0 aromatic heterocycles. The SMILES string of the molecule is CCSC1CCC(NC(=NC)NCCc2ccc(F)cc2F)C1.I. The van der Waals surface area contributed by atoms with Crippen LogP contribution in [0.15, 0.2) is 23.2 Å². The molecule has 2 rings (SSSR count). The molecule has 0 heterocycles. The van der Waals surface area contributed by atoms with Gasteiger partial charge in [-0.05, 0) is 43.1 Å². The highest BCUT2D eigenvalue weighted by Gasteiger charge is 2.24. The van der Waals surface area contributed by atoms with Crippen molar-refractivity contribution in [1.29, 1.82) is 0 Å². The molecule has 2 atom stereocenters. The van der Waals surface area contributed by atoms with E-state index in [9.17, 15) is 8.78 Å². The van der Waals surface area contributed by atoms with Gasteiger partial charge in [0.2, 0.25) is 0 Å². The summed E-state index contributed by atoms with van der Waals surface area (Å²) in [4.78, 5) is 4.22. The topological polar surface area (TPSA) is 36.4 Å². The highest BCUT2D eigenvalue weighted by Crippen LogP contribution is 2.29. The fourth-order valence-electron chi connectivity index (χ4n) is 2.89. The summed E-state index contributed by atoms with van der Waals surface area (Å²) in [6, 6.07) is 4.15. The van der Waals surface area contributed by atoms with Crippen LogP contribution in [0.4, 0.5) is 8.78 Å². The van der Waals surface area contributed by atoms with E-state index in [1.807, 2.05) is 11.8 Å². The summed E-state index contributed by atoms with van der Waals surface area (Å²) in [7, 11) is 1.74. The van der Waals surface area contributed by atoms with E-state index >= 15 is 0 Å². The number of nitrogens with one attached hydrogen (secondary N) is 2. The summed E-state index contributed by atoms with van der Waals surface area (Å²) < 4.78 is 26.5. The van der Waals surface area contributed by atoms with Crippen LogP contribution >= 0.6 is 35.7 Å². The molecule has 0 spiro atoms. The molecular weight excluding hydrogens is 443 g/mol. The molecule has 1 aliphatic carbocycles. The molecule has 0 saturated heterocycles. The standard InChI is InChI=1S/C17H25F2N3S.HI/c1-3-23-15-7-6-14(11-15)22-17(20-2)21-9-8-12-4-5-13(18)10-16(12)19;/h4-5,10,14-15H,3,6-9,11H2,1-2H3,(H2,20,21,22);1H. The van der Waals surface area contributed by atoms with Gasteiger partial charge in [-0.1, -0.05) is 13.0 Å². The van der Waals surface area contributed by atoms with E-state index in [2.05, 4.69) is 22.5 Å². The smallest absolute Gasteiger partial charge is 0.191 e. The van der Waals surface area contributed by atoms with Crippen molar-refractivity contribution < 1.29 is 8.78 Å². The molecule has 1 aromatic rings. The summed E-state index contributed by atoms with van der Waals surface area (Å²) in [6.45, 7) is 2.75. The number of thioether (sulfide) groups is 1. The first-order chi connectivity index (χ1) is 11.1. The van der Waals surface area contributed by atoms with Gasteiger partial charge < -0.3 is 10.6 Å². The Labute approximate surface area is 164 Å². The largest absolute Gasteiger partial charge is 0.356 e. The minimum absolute atomic E-state index is 0. The van der Waals surface area contributed by atoms with Crippen LogP contribution in [-0.2, 0) is 6.42 Å². The van der Waals surface area contributed by atoms with Crippen LogP contribution in [0.2, 0.25) is 0 Å². The number of halogens is 3. The quantitative estimate of drug-likeness (QED) is 0.376. The zero-order valence-corrected chi connectivity index (χ0v) is 17.3. The van der Waals surface area contributed by atoms with Gasteiger partial charge in [-0.3, -0.25) is 4.99 Å². The first-order valence-corrected chi connectivity index (χ1v) is 9.20. The maximum Gasteiger partial charge on any atom is 0.191 e. The van der Waals surface area contributed by atoms with Crippen LogP contribution in [0, 0.1) is 11.6 Å². The molecule has 24 heavy (non-hydrogen) atoms. The Bertz CT molecular complexity index is 543. The zero-order chi connectivity index (χ0) is 16.7. The highest BCUT2D eigenvalue weighted by molar-refractivity contribution is 14.0. The maximum atomic E-state index is 13.6. The second kappa shape index (κ2) is 11.1. The van der Waals surface area contributed by atoms with Crippen molar-refractivity contribution in [2.75, 3.05) is 19.3 Å². The molecule has 1 aliphatic rings. The van der Waals surface area contributed by atoms with Crippen molar-refractivity contribution in [3.8, 4) is 0 Å². The molecule has 2 unspecified atom stereocenters. The van der Waals surface area contributed by atoms with Crippen LogP contribution in [-0.4, -0.2) is 36.6 Å². The third-order valence-electron chi connectivity index (χ3n) is 4.05. The van der Waals surface area contributed by atoms with Crippen molar-refractivity contribution in [3.63, 3.8) is 0 Å². The summed E-state index contributed by atoms with van der Waals surface area (Å²) in [5.41, 5.74) is 0.509. The molecular formula is C17H26F2IN3S. The van der Waals surface area contributed by atoms with Gasteiger partial charge in [0.05, 0.1) is 0 Å². The first-order valence-electron chi connectivity index (χ1n) is 8.15. The minimum Gasteiger partial charge on any atom is -0.356 e. The Kier molecular flexibility index (Phi) is 9.95. The molecule has 0 aliphatic heterocycles. The first kappa shape index (κ1) is 21.5. The monoisotopic (exact) mass is 469 g/mol. The van der Waals surface area contributed by atoms with E-state index in [1.165, 1.54) is 18.6 Å². The van der Waals surface area contributed by atoms with Gasteiger partial charge in [-0.15, -0.1) is 24.0 Å². The van der Waals surface area contributed by atoms with Gasteiger partial charge >= 0.3 is 0 Å². The van der Waals surface area contributed by atoms with E-state index in [-0.39, 0.29) is 24.0 Å². The highest BCUT2D eigenvalue weighted by atomic mass is 127. The molecule has 0 bridgehead atoms. The maximum absolute atomic E-state index is 13.6. The summed E-state index contributed by atoms with van der Waals surface area (Å²) in [5, 5.41) is 7.38. The van der Waals surface area contributed by atoms with Crippen molar-refractivity contribution >= 4 is 41.7 Å². The number of hydrogen-bond donors (Lipinski definition) is 2.